The molecule has 4 heteroatoms. The molecule has 2 heterocycles. The lowest BCUT2D eigenvalue weighted by Crippen LogP contribution is -2.02. The molecule has 0 atom stereocenters. The van der Waals surface area contributed by atoms with E-state index in [0.29, 0.717) is 17.5 Å². The highest BCUT2D eigenvalue weighted by Gasteiger charge is 2.24. The van der Waals surface area contributed by atoms with Crippen molar-refractivity contribution in [1.29, 1.82) is 0 Å². The van der Waals surface area contributed by atoms with Crippen molar-refractivity contribution in [1.82, 2.24) is 4.40 Å². The van der Waals surface area contributed by atoms with Crippen LogP contribution in [0.4, 0.5) is 4.39 Å². The monoisotopic (exact) mass is 333 g/mol. The fourth-order valence-corrected chi connectivity index (χ4v) is 3.56. The number of aromatic carboxylic acids is 1. The SMILES string of the molecule is CCc1c(C(=O)O)c(-c2ccc(F)cc2)c2c3ccccc3ccn12. The summed E-state index contributed by atoms with van der Waals surface area (Å²) in [5, 5.41) is 11.9. The number of rotatable bonds is 3. The number of halogens is 1. The summed E-state index contributed by atoms with van der Waals surface area (Å²) in [6.07, 6.45) is 2.50. The lowest BCUT2D eigenvalue weighted by atomic mass is 9.98. The number of aryl methyl sites for hydroxylation is 1. The molecule has 124 valence electrons. The maximum atomic E-state index is 13.4. The molecule has 4 aromatic rings. The molecule has 4 rings (SSSR count). The highest BCUT2D eigenvalue weighted by atomic mass is 19.1. The van der Waals surface area contributed by atoms with Gasteiger partial charge in [0, 0.05) is 22.8 Å². The number of carboxylic acid groups (broad SMARTS) is 1. The molecule has 0 unspecified atom stereocenters. The normalized spacial score (nSPS) is 11.3. The summed E-state index contributed by atoms with van der Waals surface area (Å²) in [5.41, 5.74) is 3.21. The van der Waals surface area contributed by atoms with Crippen molar-refractivity contribution in [2.45, 2.75) is 13.3 Å². The lowest BCUT2D eigenvalue weighted by Gasteiger charge is -2.06. The van der Waals surface area contributed by atoms with Crippen molar-refractivity contribution >= 4 is 22.3 Å². The van der Waals surface area contributed by atoms with Gasteiger partial charge in [-0.3, -0.25) is 0 Å². The lowest BCUT2D eigenvalue weighted by molar-refractivity contribution is 0.0696. The first kappa shape index (κ1) is 15.4. The van der Waals surface area contributed by atoms with Crippen LogP contribution in [0, 0.1) is 5.82 Å². The first-order valence-electron chi connectivity index (χ1n) is 8.15. The minimum absolute atomic E-state index is 0.283. The van der Waals surface area contributed by atoms with Crippen LogP contribution in [0.1, 0.15) is 23.0 Å². The summed E-state index contributed by atoms with van der Waals surface area (Å²) >= 11 is 0. The molecule has 0 aliphatic carbocycles. The van der Waals surface area contributed by atoms with Crippen molar-refractivity contribution in [3.05, 3.63) is 77.9 Å². The van der Waals surface area contributed by atoms with Crippen LogP contribution >= 0.6 is 0 Å². The van der Waals surface area contributed by atoms with E-state index in [2.05, 4.69) is 0 Å². The van der Waals surface area contributed by atoms with E-state index in [1.807, 2.05) is 47.9 Å². The van der Waals surface area contributed by atoms with E-state index in [-0.39, 0.29) is 11.4 Å². The van der Waals surface area contributed by atoms with Gasteiger partial charge in [-0.25, -0.2) is 9.18 Å². The molecule has 0 fully saturated rings. The largest absolute Gasteiger partial charge is 0.478 e. The summed E-state index contributed by atoms with van der Waals surface area (Å²) in [7, 11) is 0. The number of fused-ring (bicyclic) bond motifs is 3. The van der Waals surface area contributed by atoms with Gasteiger partial charge in [0.25, 0.3) is 0 Å². The van der Waals surface area contributed by atoms with E-state index in [9.17, 15) is 14.3 Å². The molecular weight excluding hydrogens is 317 g/mol. The minimum atomic E-state index is -0.969. The third kappa shape index (κ3) is 2.30. The summed E-state index contributed by atoms with van der Waals surface area (Å²) in [6, 6.07) is 15.9. The first-order valence-corrected chi connectivity index (χ1v) is 8.15. The van der Waals surface area contributed by atoms with Crippen LogP contribution in [0.15, 0.2) is 60.8 Å². The Hall–Kier alpha value is -3.14. The van der Waals surface area contributed by atoms with Gasteiger partial charge in [-0.15, -0.1) is 0 Å². The van der Waals surface area contributed by atoms with Gasteiger partial charge in [-0.2, -0.15) is 0 Å². The van der Waals surface area contributed by atoms with Gasteiger partial charge < -0.3 is 9.51 Å². The Morgan fingerprint density at radius 2 is 1.80 bits per heavy atom. The van der Waals surface area contributed by atoms with E-state index in [1.165, 1.54) is 12.1 Å². The molecule has 25 heavy (non-hydrogen) atoms. The van der Waals surface area contributed by atoms with Crippen LogP contribution in [0.5, 0.6) is 0 Å². The zero-order valence-electron chi connectivity index (χ0n) is 13.7. The van der Waals surface area contributed by atoms with E-state index < -0.39 is 5.97 Å². The fourth-order valence-electron chi connectivity index (χ4n) is 3.56. The van der Waals surface area contributed by atoms with E-state index in [0.717, 1.165) is 22.0 Å². The zero-order valence-corrected chi connectivity index (χ0v) is 13.7. The molecule has 0 aliphatic rings. The number of nitrogens with zero attached hydrogens (tertiary/aromatic N) is 1. The molecule has 0 amide bonds. The average Bonchev–Trinajstić information content (AvgIpc) is 2.97. The summed E-state index contributed by atoms with van der Waals surface area (Å²) in [6.45, 7) is 1.94. The standard InChI is InChI=1S/C21H16FNO2/c1-2-17-19(21(24)25)18(14-7-9-15(22)10-8-14)20-16-6-4-3-5-13(16)11-12-23(17)20/h3-12H,2H2,1H3,(H,24,25). The molecule has 0 radical (unpaired) electrons. The topological polar surface area (TPSA) is 41.7 Å². The first-order chi connectivity index (χ1) is 12.1. The van der Waals surface area contributed by atoms with Gasteiger partial charge in [0.1, 0.15) is 5.82 Å². The fraction of sp³-hybridized carbons (Fsp3) is 0.0952. The molecule has 3 nitrogen and oxygen atoms in total. The van der Waals surface area contributed by atoms with Gasteiger partial charge in [0.15, 0.2) is 0 Å². The highest BCUT2D eigenvalue weighted by molar-refractivity contribution is 6.11. The molecule has 0 aliphatic heterocycles. The molecule has 0 saturated carbocycles. The Morgan fingerprint density at radius 1 is 1.08 bits per heavy atom. The van der Waals surface area contributed by atoms with Crippen LogP contribution in [-0.4, -0.2) is 15.5 Å². The van der Waals surface area contributed by atoms with Crippen LogP contribution in [0.25, 0.3) is 27.4 Å². The molecular formula is C21H16FNO2. The molecule has 2 aromatic carbocycles. The Bertz CT molecular complexity index is 1110. The van der Waals surface area contributed by atoms with Gasteiger partial charge >= 0.3 is 5.97 Å². The second-order valence-corrected chi connectivity index (χ2v) is 5.98. The van der Waals surface area contributed by atoms with Crippen LogP contribution in [-0.2, 0) is 6.42 Å². The summed E-state index contributed by atoms with van der Waals surface area (Å²) in [5.74, 6) is -1.31. The Morgan fingerprint density at radius 3 is 2.48 bits per heavy atom. The van der Waals surface area contributed by atoms with Gasteiger partial charge in [0.05, 0.1) is 11.1 Å². The van der Waals surface area contributed by atoms with Crippen LogP contribution < -0.4 is 0 Å². The van der Waals surface area contributed by atoms with E-state index in [4.69, 9.17) is 0 Å². The van der Waals surface area contributed by atoms with Crippen molar-refractivity contribution < 1.29 is 14.3 Å². The van der Waals surface area contributed by atoms with Crippen molar-refractivity contribution in [2.24, 2.45) is 0 Å². The molecule has 0 spiro atoms. The Kier molecular flexibility index (Phi) is 3.53. The number of carboxylic acids is 1. The second-order valence-electron chi connectivity index (χ2n) is 5.98. The van der Waals surface area contributed by atoms with Crippen molar-refractivity contribution in [2.75, 3.05) is 0 Å². The summed E-state index contributed by atoms with van der Waals surface area (Å²) < 4.78 is 15.3. The quantitative estimate of drug-likeness (QED) is 0.563. The molecule has 2 aromatic heterocycles. The van der Waals surface area contributed by atoms with E-state index in [1.54, 1.807) is 12.1 Å². The van der Waals surface area contributed by atoms with E-state index >= 15 is 0 Å². The predicted molar refractivity (Wildman–Crippen MR) is 96.6 cm³/mol. The minimum Gasteiger partial charge on any atom is -0.478 e. The molecule has 0 saturated heterocycles. The van der Waals surface area contributed by atoms with Crippen LogP contribution in [0.3, 0.4) is 0 Å². The number of hydrogen-bond acceptors (Lipinski definition) is 1. The Labute approximate surface area is 144 Å². The predicted octanol–water partition coefficient (Wildman–Crippen LogP) is 5.16. The number of pyridine rings is 1. The van der Waals surface area contributed by atoms with Gasteiger partial charge in [0.2, 0.25) is 0 Å². The maximum Gasteiger partial charge on any atom is 0.338 e. The average molecular weight is 333 g/mol. The highest BCUT2D eigenvalue weighted by Crippen LogP contribution is 2.37. The molecule has 0 bridgehead atoms. The summed E-state index contributed by atoms with van der Waals surface area (Å²) in [4.78, 5) is 12.1. The Balaban J connectivity index is 2.24. The molecule has 1 N–H and O–H groups in total. The zero-order chi connectivity index (χ0) is 17.6. The van der Waals surface area contributed by atoms with Crippen molar-refractivity contribution in [3.63, 3.8) is 0 Å². The smallest absolute Gasteiger partial charge is 0.338 e. The number of carbonyl (C=O) groups is 1. The number of aromatic nitrogens is 1. The third-order valence-corrected chi connectivity index (χ3v) is 4.61. The third-order valence-electron chi connectivity index (χ3n) is 4.61. The number of benzene rings is 2. The van der Waals surface area contributed by atoms with Gasteiger partial charge in [-0.05, 0) is 35.6 Å². The van der Waals surface area contributed by atoms with Gasteiger partial charge in [-0.1, -0.05) is 43.3 Å². The van der Waals surface area contributed by atoms with Crippen molar-refractivity contribution in [3.8, 4) is 11.1 Å². The number of hydrogen-bond donors (Lipinski definition) is 1. The maximum absolute atomic E-state index is 13.4. The second kappa shape index (κ2) is 5.74. The van der Waals surface area contributed by atoms with Crippen LogP contribution in [0.2, 0.25) is 0 Å².